The summed E-state index contributed by atoms with van der Waals surface area (Å²) in [5.74, 6) is 5.82. The maximum atomic E-state index is 13.4. The van der Waals surface area contributed by atoms with Gasteiger partial charge in [0.15, 0.2) is 6.29 Å². The lowest BCUT2D eigenvalue weighted by Gasteiger charge is -2.33. The van der Waals surface area contributed by atoms with Gasteiger partial charge in [0.05, 0.1) is 35.3 Å². The molecule has 1 aliphatic rings. The predicted molar refractivity (Wildman–Crippen MR) is 170 cm³/mol. The zero-order valence-electron chi connectivity index (χ0n) is 25.2. The van der Waals surface area contributed by atoms with Crippen molar-refractivity contribution in [1.29, 1.82) is 0 Å². The van der Waals surface area contributed by atoms with Crippen LogP contribution in [-0.4, -0.2) is 71.7 Å². The fourth-order valence-electron chi connectivity index (χ4n) is 5.19. The van der Waals surface area contributed by atoms with Gasteiger partial charge in [0.2, 0.25) is 0 Å². The van der Waals surface area contributed by atoms with Gasteiger partial charge in [-0.15, -0.1) is 0 Å². The number of hydrogen-bond donors (Lipinski definition) is 3. The molecule has 11 heteroatoms. The number of nitrogens with one attached hydrogen (secondary N) is 3. The lowest BCUT2D eigenvalue weighted by atomic mass is 9.90. The van der Waals surface area contributed by atoms with Crippen LogP contribution in [0.25, 0.3) is 10.9 Å². The van der Waals surface area contributed by atoms with Crippen molar-refractivity contribution in [3.8, 4) is 11.8 Å². The summed E-state index contributed by atoms with van der Waals surface area (Å²) in [6, 6.07) is 15.1. The molecule has 1 aromatic carbocycles. The summed E-state index contributed by atoms with van der Waals surface area (Å²) in [7, 11) is 6.07. The van der Waals surface area contributed by atoms with Crippen molar-refractivity contribution in [2.75, 3.05) is 43.6 Å². The van der Waals surface area contributed by atoms with E-state index in [1.807, 2.05) is 25.2 Å². The molecule has 3 aromatic heterocycles. The molecule has 44 heavy (non-hydrogen) atoms. The first-order valence-electron chi connectivity index (χ1n) is 14.5. The molecule has 8 nitrogen and oxygen atoms in total. The van der Waals surface area contributed by atoms with E-state index in [2.05, 4.69) is 56.8 Å². The van der Waals surface area contributed by atoms with E-state index in [9.17, 15) is 18.0 Å². The number of anilines is 3. The highest BCUT2D eigenvalue weighted by Gasteiger charge is 2.30. The first-order valence-corrected chi connectivity index (χ1v) is 14.5. The van der Waals surface area contributed by atoms with Gasteiger partial charge in [0.1, 0.15) is 12.2 Å². The van der Waals surface area contributed by atoms with Crippen LogP contribution in [0.15, 0.2) is 67.1 Å². The number of benzene rings is 1. The Bertz CT molecular complexity index is 1550. The van der Waals surface area contributed by atoms with E-state index < -0.39 is 12.7 Å². The molecule has 5 rings (SSSR count). The Hall–Kier alpha value is -4.56. The zero-order chi connectivity index (χ0) is 31.5. The number of nitrogens with zero attached hydrogens (tertiary/aromatic N) is 4. The average Bonchev–Trinajstić information content (AvgIpc) is 3.37. The number of rotatable bonds is 8. The third-order valence-electron chi connectivity index (χ3n) is 7.52. The molecule has 0 saturated heterocycles. The van der Waals surface area contributed by atoms with Crippen molar-refractivity contribution >= 4 is 34.3 Å². The van der Waals surface area contributed by atoms with E-state index in [-0.39, 0.29) is 12.6 Å². The van der Waals surface area contributed by atoms with E-state index in [0.29, 0.717) is 34.9 Å². The number of aldehydes is 1. The largest absolute Gasteiger partial charge is 0.406 e. The van der Waals surface area contributed by atoms with Crippen LogP contribution in [0.2, 0.25) is 0 Å². The van der Waals surface area contributed by atoms with Crippen molar-refractivity contribution in [1.82, 2.24) is 19.4 Å². The second-order valence-electron chi connectivity index (χ2n) is 10.8. The summed E-state index contributed by atoms with van der Waals surface area (Å²) >= 11 is 0. The summed E-state index contributed by atoms with van der Waals surface area (Å²) in [6.07, 6.45) is 5.53. The number of aromatic nitrogens is 3. The Labute approximate surface area is 256 Å². The van der Waals surface area contributed by atoms with Gasteiger partial charge in [0, 0.05) is 42.6 Å². The van der Waals surface area contributed by atoms with Gasteiger partial charge >= 0.3 is 6.18 Å². The molecule has 0 bridgehead atoms. The quantitative estimate of drug-likeness (QED) is 0.161. The van der Waals surface area contributed by atoms with Crippen molar-refractivity contribution in [2.45, 2.75) is 50.5 Å². The number of carbonyl (C=O) groups is 1. The average molecular weight is 606 g/mol. The fourth-order valence-corrected chi connectivity index (χ4v) is 5.19. The third kappa shape index (κ3) is 9.22. The molecule has 0 unspecified atom stereocenters. The second kappa shape index (κ2) is 15.3. The maximum absolute atomic E-state index is 13.4. The molecule has 1 saturated carbocycles. The normalized spacial score (nSPS) is 16.3. The molecule has 0 spiro atoms. The number of carbonyl (C=O) groups excluding carboxylic acids is 1. The third-order valence-corrected chi connectivity index (χ3v) is 7.52. The van der Waals surface area contributed by atoms with Crippen LogP contribution >= 0.6 is 0 Å². The number of fused-ring (bicyclic) bond motifs is 1. The molecule has 0 aliphatic heterocycles. The molecule has 232 valence electrons. The number of hydrogen-bond acceptors (Lipinski definition) is 7. The first kappa shape index (κ1) is 32.4. The highest BCUT2D eigenvalue weighted by Crippen LogP contribution is 2.32. The highest BCUT2D eigenvalue weighted by molar-refractivity contribution is 5.94. The molecule has 3 heterocycles. The second-order valence-corrected chi connectivity index (χ2v) is 10.8. The number of halogens is 3. The first-order chi connectivity index (χ1) is 21.2. The monoisotopic (exact) mass is 605 g/mol. The molecule has 0 amide bonds. The molecule has 0 radical (unpaired) electrons. The van der Waals surface area contributed by atoms with Gasteiger partial charge in [-0.05, 0) is 88.2 Å². The van der Waals surface area contributed by atoms with Crippen LogP contribution in [0, 0.1) is 11.8 Å². The van der Waals surface area contributed by atoms with E-state index in [4.69, 9.17) is 0 Å². The summed E-state index contributed by atoms with van der Waals surface area (Å²) in [5, 5.41) is 10.3. The Kier molecular flexibility index (Phi) is 11.2. The summed E-state index contributed by atoms with van der Waals surface area (Å²) in [6.45, 7) is -0.891. The molecule has 1 aliphatic carbocycles. The molecular weight excluding hydrogens is 567 g/mol. The Morgan fingerprint density at radius 3 is 2.43 bits per heavy atom. The Balaban J connectivity index is 0.000000479. The number of pyridine rings is 2. The lowest BCUT2D eigenvalue weighted by Crippen LogP contribution is -2.36. The smallest absolute Gasteiger partial charge is 0.387 e. The lowest BCUT2D eigenvalue weighted by molar-refractivity contribution is -0.140. The van der Waals surface area contributed by atoms with E-state index in [1.54, 1.807) is 42.7 Å². The van der Waals surface area contributed by atoms with Gasteiger partial charge in [-0.1, -0.05) is 12.0 Å². The molecule has 4 aromatic rings. The molecule has 1 fully saturated rings. The Morgan fingerprint density at radius 1 is 1.05 bits per heavy atom. The van der Waals surface area contributed by atoms with Gasteiger partial charge < -0.3 is 25.4 Å². The van der Waals surface area contributed by atoms with Gasteiger partial charge in [0.25, 0.3) is 0 Å². The molecular formula is C33H38F3N7O. The van der Waals surface area contributed by atoms with E-state index in [0.717, 1.165) is 42.4 Å². The minimum atomic E-state index is -4.37. The van der Waals surface area contributed by atoms with Crippen LogP contribution < -0.4 is 16.0 Å². The van der Waals surface area contributed by atoms with Crippen molar-refractivity contribution in [3.05, 3.63) is 78.5 Å². The van der Waals surface area contributed by atoms with Crippen molar-refractivity contribution in [2.24, 2.45) is 0 Å². The zero-order valence-corrected chi connectivity index (χ0v) is 25.2. The van der Waals surface area contributed by atoms with Gasteiger partial charge in [-0.2, -0.15) is 13.2 Å². The molecule has 0 atom stereocenters. The van der Waals surface area contributed by atoms with Gasteiger partial charge in [-0.3, -0.25) is 14.8 Å². The highest BCUT2D eigenvalue weighted by atomic mass is 19.4. The summed E-state index contributed by atoms with van der Waals surface area (Å²) in [4.78, 5) is 20.8. The predicted octanol–water partition coefficient (Wildman–Crippen LogP) is 6.28. The van der Waals surface area contributed by atoms with Crippen LogP contribution in [0.1, 0.15) is 41.9 Å². The minimum absolute atomic E-state index is 0.218. The van der Waals surface area contributed by atoms with Crippen LogP contribution in [0.5, 0.6) is 0 Å². The topological polar surface area (TPSA) is 87.1 Å². The SMILES string of the molecule is CN(C)C1CCC(Nc2cccc3c2cc(C#CCNc2ccc(C=O)nc2)n3CC(F)(F)F)CC1.CNc1cccnc1. The van der Waals surface area contributed by atoms with Crippen LogP contribution in [0.3, 0.4) is 0 Å². The van der Waals surface area contributed by atoms with E-state index >= 15 is 0 Å². The fraction of sp³-hybridized carbons (Fsp3) is 0.364. The minimum Gasteiger partial charge on any atom is -0.387 e. The summed E-state index contributed by atoms with van der Waals surface area (Å²) in [5.41, 5.74) is 3.69. The van der Waals surface area contributed by atoms with Gasteiger partial charge in [-0.25, -0.2) is 0 Å². The summed E-state index contributed by atoms with van der Waals surface area (Å²) < 4.78 is 41.6. The van der Waals surface area contributed by atoms with Crippen LogP contribution in [0.4, 0.5) is 30.2 Å². The standard InChI is InChI=1S/C27H30F3N5O.C6H8N2/c1-34(2)22-12-10-19(11-13-22)33-25-6-3-7-26-24(25)15-23(35(26)18-27(28,29)30)5-4-14-31-20-8-9-21(17-36)32-16-20;1-7-6-3-2-4-8-5-6/h3,6-9,15-17,19,22,31,33H,10-14,18H2,1-2H3;2-5,7H,1H3. The number of alkyl halides is 3. The Morgan fingerprint density at radius 2 is 1.84 bits per heavy atom. The van der Waals surface area contributed by atoms with Crippen LogP contribution in [-0.2, 0) is 6.54 Å². The molecule has 3 N–H and O–H groups in total. The maximum Gasteiger partial charge on any atom is 0.406 e. The van der Waals surface area contributed by atoms with E-state index in [1.165, 1.54) is 10.8 Å². The van der Waals surface area contributed by atoms with Crippen molar-refractivity contribution in [3.63, 3.8) is 0 Å². The van der Waals surface area contributed by atoms with Crippen molar-refractivity contribution < 1.29 is 18.0 Å².